The lowest BCUT2D eigenvalue weighted by atomic mass is 10.0. The molecule has 1 fully saturated rings. The van der Waals surface area contributed by atoms with Gasteiger partial charge in [0.1, 0.15) is 0 Å². The van der Waals surface area contributed by atoms with Crippen LogP contribution in [0.15, 0.2) is 29.2 Å². The second-order valence-electron chi connectivity index (χ2n) is 5.65. The topological polar surface area (TPSA) is 46.2 Å². The molecule has 1 aliphatic rings. The molecule has 1 aromatic carbocycles. The summed E-state index contributed by atoms with van der Waals surface area (Å²) in [4.78, 5) is 0.438. The largest absolute Gasteiger partial charge is 0.313 e. The fraction of sp³-hybridized carbons (Fsp3) is 0.625. The Morgan fingerprint density at radius 2 is 1.85 bits per heavy atom. The smallest absolute Gasteiger partial charge is 0.178 e. The highest BCUT2D eigenvalue weighted by atomic mass is 32.2. The Balaban J connectivity index is 2.02. The van der Waals surface area contributed by atoms with Gasteiger partial charge >= 0.3 is 0 Å². The van der Waals surface area contributed by atoms with E-state index in [1.54, 1.807) is 19.1 Å². The molecular weight excluding hydrogens is 270 g/mol. The predicted molar refractivity (Wildman–Crippen MR) is 82.7 cm³/mol. The van der Waals surface area contributed by atoms with E-state index in [1.165, 1.54) is 18.4 Å². The Kier molecular flexibility index (Phi) is 5.22. The summed E-state index contributed by atoms with van der Waals surface area (Å²) in [6.45, 7) is 4.92. The molecule has 0 aromatic heterocycles. The van der Waals surface area contributed by atoms with Crippen molar-refractivity contribution < 1.29 is 8.42 Å². The van der Waals surface area contributed by atoms with Gasteiger partial charge in [-0.25, -0.2) is 8.42 Å². The molecule has 3 nitrogen and oxygen atoms in total. The van der Waals surface area contributed by atoms with Crippen LogP contribution in [0.1, 0.15) is 38.7 Å². The second-order valence-corrected chi connectivity index (χ2v) is 7.93. The van der Waals surface area contributed by atoms with Crippen molar-refractivity contribution in [3.63, 3.8) is 0 Å². The van der Waals surface area contributed by atoms with Crippen molar-refractivity contribution in [1.82, 2.24) is 5.32 Å². The Morgan fingerprint density at radius 1 is 1.20 bits per heavy atom. The van der Waals surface area contributed by atoms with Gasteiger partial charge in [-0.2, -0.15) is 0 Å². The third-order valence-corrected chi connectivity index (χ3v) is 5.72. The van der Waals surface area contributed by atoms with Gasteiger partial charge in [0, 0.05) is 6.04 Å². The summed E-state index contributed by atoms with van der Waals surface area (Å²) in [5.74, 6) is 0.968. The van der Waals surface area contributed by atoms with E-state index < -0.39 is 9.84 Å². The number of benzene rings is 1. The third-order valence-electron chi connectivity index (χ3n) is 3.97. The molecule has 1 N–H and O–H groups in total. The van der Waals surface area contributed by atoms with Gasteiger partial charge in [0.2, 0.25) is 0 Å². The van der Waals surface area contributed by atoms with Crippen LogP contribution in [-0.4, -0.2) is 26.8 Å². The van der Waals surface area contributed by atoms with Crippen LogP contribution in [-0.2, 0) is 16.3 Å². The predicted octanol–water partition coefficient (Wildman–Crippen LogP) is 2.80. The van der Waals surface area contributed by atoms with E-state index in [9.17, 15) is 8.42 Å². The summed E-state index contributed by atoms with van der Waals surface area (Å²) >= 11 is 0. The summed E-state index contributed by atoms with van der Waals surface area (Å²) in [5.41, 5.74) is 1.22. The number of sulfone groups is 1. The minimum Gasteiger partial charge on any atom is -0.313 e. The van der Waals surface area contributed by atoms with Crippen LogP contribution in [0.3, 0.4) is 0 Å². The van der Waals surface area contributed by atoms with Crippen LogP contribution in [0.4, 0.5) is 0 Å². The molecule has 0 spiro atoms. The highest BCUT2D eigenvalue weighted by Crippen LogP contribution is 2.34. The first kappa shape index (κ1) is 15.5. The maximum Gasteiger partial charge on any atom is 0.178 e. The molecule has 1 saturated carbocycles. The molecular formula is C16H25NO2S. The van der Waals surface area contributed by atoms with E-state index in [0.717, 1.165) is 25.3 Å². The average molecular weight is 295 g/mol. The molecule has 0 amide bonds. The molecule has 20 heavy (non-hydrogen) atoms. The maximum atomic E-state index is 11.8. The second kappa shape index (κ2) is 6.72. The van der Waals surface area contributed by atoms with Crippen molar-refractivity contribution in [2.45, 2.75) is 50.5 Å². The molecule has 0 heterocycles. The fourth-order valence-corrected chi connectivity index (χ4v) is 3.37. The van der Waals surface area contributed by atoms with Gasteiger partial charge in [0.15, 0.2) is 9.84 Å². The van der Waals surface area contributed by atoms with Crippen molar-refractivity contribution >= 4 is 9.84 Å². The quantitative estimate of drug-likeness (QED) is 0.802. The molecule has 2 rings (SSSR count). The lowest BCUT2D eigenvalue weighted by molar-refractivity contribution is 0.460. The van der Waals surface area contributed by atoms with E-state index in [-0.39, 0.29) is 5.75 Å². The number of nitrogens with one attached hydrogen (secondary N) is 1. The average Bonchev–Trinajstić information content (AvgIpc) is 3.28. The standard InChI is InChI=1S/C16H25NO2S/c1-3-11-17-16(14-7-8-14)12-13-5-9-15(10-6-13)20(18,19)4-2/h5-6,9-10,14,16-17H,3-4,7-8,11-12H2,1-2H3. The summed E-state index contributed by atoms with van der Waals surface area (Å²) in [5, 5.41) is 3.62. The van der Waals surface area contributed by atoms with Gasteiger partial charge < -0.3 is 5.32 Å². The Bertz CT molecular complexity index is 518. The molecule has 0 bridgehead atoms. The fourth-order valence-electron chi connectivity index (χ4n) is 2.49. The highest BCUT2D eigenvalue weighted by molar-refractivity contribution is 7.91. The van der Waals surface area contributed by atoms with Crippen molar-refractivity contribution in [1.29, 1.82) is 0 Å². The van der Waals surface area contributed by atoms with Gasteiger partial charge in [-0.15, -0.1) is 0 Å². The van der Waals surface area contributed by atoms with Crippen LogP contribution in [0.2, 0.25) is 0 Å². The summed E-state index contributed by atoms with van der Waals surface area (Å²) in [6.07, 6.45) is 4.79. The van der Waals surface area contributed by atoms with Crippen LogP contribution in [0.25, 0.3) is 0 Å². The first-order chi connectivity index (χ1) is 9.56. The molecule has 112 valence electrons. The van der Waals surface area contributed by atoms with Crippen molar-refractivity contribution in [2.24, 2.45) is 5.92 Å². The van der Waals surface area contributed by atoms with Gasteiger partial charge in [0.05, 0.1) is 10.6 Å². The zero-order valence-corrected chi connectivity index (χ0v) is 13.2. The number of hydrogen-bond acceptors (Lipinski definition) is 3. The normalized spacial score (nSPS) is 17.1. The van der Waals surface area contributed by atoms with Crippen molar-refractivity contribution in [3.8, 4) is 0 Å². The Morgan fingerprint density at radius 3 is 2.35 bits per heavy atom. The lowest BCUT2D eigenvalue weighted by Gasteiger charge is -2.18. The van der Waals surface area contributed by atoms with Gasteiger partial charge in [-0.1, -0.05) is 26.0 Å². The molecule has 0 saturated heterocycles. The molecule has 1 aromatic rings. The molecule has 1 unspecified atom stereocenters. The maximum absolute atomic E-state index is 11.8. The molecule has 0 aliphatic heterocycles. The summed E-state index contributed by atoms with van der Waals surface area (Å²) in [7, 11) is -3.08. The van der Waals surface area contributed by atoms with Crippen LogP contribution in [0, 0.1) is 5.92 Å². The van der Waals surface area contributed by atoms with E-state index in [2.05, 4.69) is 12.2 Å². The monoisotopic (exact) mass is 295 g/mol. The molecule has 0 radical (unpaired) electrons. The van der Waals surface area contributed by atoms with E-state index in [4.69, 9.17) is 0 Å². The molecule has 1 aliphatic carbocycles. The van der Waals surface area contributed by atoms with Crippen LogP contribution < -0.4 is 5.32 Å². The van der Waals surface area contributed by atoms with Gasteiger partial charge in [-0.3, -0.25) is 0 Å². The molecule has 4 heteroatoms. The van der Waals surface area contributed by atoms with Gasteiger partial charge in [-0.05, 0) is 55.8 Å². The molecule has 1 atom stereocenters. The summed E-state index contributed by atoms with van der Waals surface area (Å²) < 4.78 is 23.6. The van der Waals surface area contributed by atoms with E-state index in [1.807, 2.05) is 12.1 Å². The SMILES string of the molecule is CCCNC(Cc1ccc(S(=O)(=O)CC)cc1)C1CC1. The van der Waals surface area contributed by atoms with E-state index in [0.29, 0.717) is 10.9 Å². The minimum atomic E-state index is -3.08. The van der Waals surface area contributed by atoms with Gasteiger partial charge in [0.25, 0.3) is 0 Å². The third kappa shape index (κ3) is 4.06. The van der Waals surface area contributed by atoms with Crippen LogP contribution in [0.5, 0.6) is 0 Å². The Labute approximate surface area is 122 Å². The zero-order valence-electron chi connectivity index (χ0n) is 12.4. The summed E-state index contributed by atoms with van der Waals surface area (Å²) in [6, 6.07) is 7.97. The van der Waals surface area contributed by atoms with E-state index >= 15 is 0 Å². The first-order valence-corrected chi connectivity index (χ1v) is 9.27. The number of rotatable bonds is 8. The minimum absolute atomic E-state index is 0.162. The first-order valence-electron chi connectivity index (χ1n) is 7.62. The van der Waals surface area contributed by atoms with Crippen molar-refractivity contribution in [2.75, 3.05) is 12.3 Å². The number of hydrogen-bond donors (Lipinski definition) is 1. The Hall–Kier alpha value is -0.870. The lowest BCUT2D eigenvalue weighted by Crippen LogP contribution is -2.33. The van der Waals surface area contributed by atoms with Crippen LogP contribution >= 0.6 is 0 Å². The highest BCUT2D eigenvalue weighted by Gasteiger charge is 2.30. The zero-order chi connectivity index (χ0) is 14.6. The van der Waals surface area contributed by atoms with Crippen molar-refractivity contribution in [3.05, 3.63) is 29.8 Å².